The summed E-state index contributed by atoms with van der Waals surface area (Å²) in [6, 6.07) is 0. The van der Waals surface area contributed by atoms with E-state index in [4.69, 9.17) is 9.32 Å². The van der Waals surface area contributed by atoms with Crippen molar-refractivity contribution >= 4 is 16.8 Å². The first-order chi connectivity index (χ1) is 1.91. The van der Waals surface area contributed by atoms with Crippen molar-refractivity contribution in [3.8, 4) is 0 Å². The second-order valence-corrected chi connectivity index (χ2v) is 0.605. The topological polar surface area (TPSA) is 37.3 Å². The molecule has 0 aliphatic heterocycles. The molecule has 0 bridgehead atoms. The second-order valence-electron chi connectivity index (χ2n) is 0.202. The van der Waals surface area contributed by atoms with E-state index in [1.807, 2.05) is 0 Å². The van der Waals surface area contributed by atoms with Gasteiger partial charge in [0, 0.05) is 0 Å². The Kier molecular flexibility index (Phi) is 2.74. The molecule has 0 aromatic rings. The minimum absolute atomic E-state index is 0.0370. The molecule has 0 heterocycles. The molecule has 3 heteroatoms. The fraction of sp³-hybridized carbons (Fsp3) is 0. The monoisotopic (exact) mass is 78.0 g/mol. The Balaban J connectivity index is 3.11. The van der Waals surface area contributed by atoms with Crippen molar-refractivity contribution in [2.75, 3.05) is 0 Å². The Morgan fingerprint density at radius 3 is 2.25 bits per heavy atom. The molecule has 0 radical (unpaired) electrons. The van der Waals surface area contributed by atoms with Gasteiger partial charge in [-0.05, 0) is 0 Å². The molecule has 0 aliphatic rings. The van der Waals surface area contributed by atoms with Gasteiger partial charge in [0.25, 0.3) is 0 Å². The summed E-state index contributed by atoms with van der Waals surface area (Å²) < 4.78 is 8.91. The zero-order valence-corrected chi connectivity index (χ0v) is 2.66. The lowest BCUT2D eigenvalue weighted by atomic mass is 11.8. The summed E-state index contributed by atoms with van der Waals surface area (Å²) in [7, 11) is 0. The van der Waals surface area contributed by atoms with Crippen molar-refractivity contribution in [1.82, 2.24) is 0 Å². The molecule has 0 aliphatic carbocycles. The number of rotatable bonds is 0. The normalized spacial score (nSPS) is 5.25. The van der Waals surface area contributed by atoms with Crippen molar-refractivity contribution in [1.29, 1.82) is 0 Å². The maximum absolute atomic E-state index is 8.91. The molecule has 24 valence electrons. The molecule has 0 unspecified atom stereocenters. The lowest BCUT2D eigenvalue weighted by Crippen LogP contribution is -1.53. The van der Waals surface area contributed by atoms with Gasteiger partial charge in [-0.1, -0.05) is 0 Å². The summed E-state index contributed by atoms with van der Waals surface area (Å²) in [6.45, 7) is 0. The predicted octanol–water partition coefficient (Wildman–Crippen LogP) is -0.483. The minimum atomic E-state index is 0.0370. The van der Waals surface area contributed by atoms with Gasteiger partial charge >= 0.3 is 0 Å². The molecule has 0 saturated heterocycles. The zero-order chi connectivity index (χ0) is 3.41. The summed E-state index contributed by atoms with van der Waals surface area (Å²) in [5.74, 6) is 0. The van der Waals surface area contributed by atoms with Crippen molar-refractivity contribution in [2.24, 2.45) is 0 Å². The Labute approximate surface area is 27.1 Å². The smallest absolute Gasteiger partial charge is 0.129 e. The average molecular weight is 78.1 g/mol. The van der Waals surface area contributed by atoms with Gasteiger partial charge in [0.2, 0.25) is 0 Å². The molecule has 1 N–H and O–H groups in total. The predicted molar refractivity (Wildman–Crippen MR) is 16.8 cm³/mol. The van der Waals surface area contributed by atoms with Gasteiger partial charge in [-0.15, -0.1) is 0 Å². The highest BCUT2D eigenvalue weighted by Crippen LogP contribution is 1.10. The number of aliphatic hydroxyl groups excluding tert-OH is 1. The Bertz CT molecular complexity index is 44.0. The van der Waals surface area contributed by atoms with Gasteiger partial charge in [-0.2, -0.15) is 0 Å². The summed E-state index contributed by atoms with van der Waals surface area (Å²) >= 11 is 0.0370. The largest absolute Gasteiger partial charge is 0.355 e. The number of aliphatic hydroxyl groups is 1. The summed E-state index contributed by atoms with van der Waals surface area (Å²) in [5, 5.41) is 7.40. The SMILES string of the molecule is O=S=CO. The summed E-state index contributed by atoms with van der Waals surface area (Å²) in [5.41, 5.74) is 0.486. The molecule has 0 aromatic carbocycles. The highest BCUT2D eigenvalue weighted by molar-refractivity contribution is 7.64. The van der Waals surface area contributed by atoms with Gasteiger partial charge in [0.05, 0.1) is 0 Å². The van der Waals surface area contributed by atoms with E-state index in [2.05, 4.69) is 0 Å². The van der Waals surface area contributed by atoms with Crippen LogP contribution in [0.4, 0.5) is 0 Å². The first-order valence-electron chi connectivity index (χ1n) is 0.661. The van der Waals surface area contributed by atoms with Crippen molar-refractivity contribution in [3.05, 3.63) is 0 Å². The van der Waals surface area contributed by atoms with Crippen LogP contribution >= 0.6 is 0 Å². The standard InChI is InChI=1S/CH2O2S/c2-1-4-3/h1-2H. The van der Waals surface area contributed by atoms with Crippen LogP contribution in [0.5, 0.6) is 0 Å². The van der Waals surface area contributed by atoms with Crippen LogP contribution in [0.15, 0.2) is 0 Å². The van der Waals surface area contributed by atoms with Gasteiger partial charge in [-0.25, -0.2) is 4.21 Å². The lowest BCUT2D eigenvalue weighted by molar-refractivity contribution is 0.591. The first kappa shape index (κ1) is 3.85. The van der Waals surface area contributed by atoms with Gasteiger partial charge < -0.3 is 5.11 Å². The second kappa shape index (κ2) is 2.85. The van der Waals surface area contributed by atoms with E-state index in [9.17, 15) is 0 Å². The number of hydrogen-bond acceptors (Lipinski definition) is 1. The van der Waals surface area contributed by atoms with E-state index < -0.39 is 0 Å². The van der Waals surface area contributed by atoms with Crippen molar-refractivity contribution in [3.63, 3.8) is 0 Å². The zero-order valence-electron chi connectivity index (χ0n) is 1.84. The molecule has 0 aromatic heterocycles. The summed E-state index contributed by atoms with van der Waals surface area (Å²) in [6.07, 6.45) is 0. The maximum atomic E-state index is 8.91. The highest BCUT2D eigenvalue weighted by atomic mass is 32.1. The number of hydrogen-bond donors (Lipinski definition) is 1. The van der Waals surface area contributed by atoms with Crippen LogP contribution in [-0.2, 0) is 11.3 Å². The van der Waals surface area contributed by atoms with E-state index in [1.165, 1.54) is 0 Å². The molecule has 0 fully saturated rings. The fourth-order valence-electron chi connectivity index (χ4n) is 0. The minimum Gasteiger partial charge on any atom is -0.355 e. The van der Waals surface area contributed by atoms with Crippen LogP contribution in [0, 0.1) is 0 Å². The third kappa shape index (κ3) is 1.85. The van der Waals surface area contributed by atoms with Gasteiger partial charge in [-0.3, -0.25) is 0 Å². The van der Waals surface area contributed by atoms with E-state index >= 15 is 0 Å². The molecular formula is CH2O2S. The van der Waals surface area contributed by atoms with Crippen LogP contribution in [0.1, 0.15) is 0 Å². The van der Waals surface area contributed by atoms with E-state index in [0.29, 0.717) is 5.55 Å². The van der Waals surface area contributed by atoms with E-state index in [1.54, 1.807) is 0 Å². The van der Waals surface area contributed by atoms with Gasteiger partial charge in [0.1, 0.15) is 16.8 Å². The third-order valence-corrected chi connectivity index (χ3v) is 0.129. The molecular weight excluding hydrogens is 76.1 g/mol. The molecule has 0 saturated carbocycles. The van der Waals surface area contributed by atoms with Crippen LogP contribution in [0.3, 0.4) is 0 Å². The molecule has 0 rings (SSSR count). The molecule has 4 heavy (non-hydrogen) atoms. The molecule has 0 atom stereocenters. The maximum Gasteiger partial charge on any atom is 0.129 e. The van der Waals surface area contributed by atoms with Crippen LogP contribution < -0.4 is 0 Å². The van der Waals surface area contributed by atoms with E-state index in [0.717, 1.165) is 0 Å². The van der Waals surface area contributed by atoms with E-state index in [-0.39, 0.29) is 11.3 Å². The average Bonchev–Trinajstić information content (AvgIpc) is 1.37. The van der Waals surface area contributed by atoms with Crippen molar-refractivity contribution in [2.45, 2.75) is 0 Å². The van der Waals surface area contributed by atoms with Crippen LogP contribution in [0.25, 0.3) is 0 Å². The Morgan fingerprint density at radius 2 is 2.25 bits per heavy atom. The van der Waals surface area contributed by atoms with Crippen LogP contribution in [0.2, 0.25) is 0 Å². The highest BCUT2D eigenvalue weighted by Gasteiger charge is 1.31. The third-order valence-electron chi connectivity index (χ3n) is 0.0430. The quantitative estimate of drug-likeness (QED) is 0.397. The van der Waals surface area contributed by atoms with Gasteiger partial charge in [0.15, 0.2) is 0 Å². The van der Waals surface area contributed by atoms with Crippen LogP contribution in [-0.4, -0.2) is 14.9 Å². The van der Waals surface area contributed by atoms with Crippen molar-refractivity contribution < 1.29 is 9.32 Å². The molecule has 2 nitrogen and oxygen atoms in total. The Morgan fingerprint density at radius 1 is 2.00 bits per heavy atom. The first-order valence-corrected chi connectivity index (χ1v) is 1.47. The lowest BCUT2D eigenvalue weighted by Gasteiger charge is -1.36. The molecule has 0 amide bonds. The Hall–Kier alpha value is -0.150. The molecule has 0 spiro atoms. The summed E-state index contributed by atoms with van der Waals surface area (Å²) in [4.78, 5) is 0. The fourth-order valence-corrected chi connectivity index (χ4v) is 0.